The third-order valence-corrected chi connectivity index (χ3v) is 9.48. The second-order valence-corrected chi connectivity index (χ2v) is 13.9. The fourth-order valence-corrected chi connectivity index (χ4v) is 6.07. The number of hydrogen-bond acceptors (Lipinski definition) is 8. The van der Waals surface area contributed by atoms with Crippen molar-refractivity contribution in [2.75, 3.05) is 36.0 Å². The van der Waals surface area contributed by atoms with Crippen LogP contribution >= 0.6 is 0 Å². The molecule has 1 aliphatic rings. The van der Waals surface area contributed by atoms with Gasteiger partial charge in [-0.2, -0.15) is 10.2 Å². The van der Waals surface area contributed by atoms with Gasteiger partial charge in [-0.15, -0.1) is 0 Å². The van der Waals surface area contributed by atoms with Crippen molar-refractivity contribution < 1.29 is 8.60 Å². The molecule has 0 saturated carbocycles. The summed E-state index contributed by atoms with van der Waals surface area (Å²) in [7, 11) is 0.505. The van der Waals surface area contributed by atoms with Crippen LogP contribution in [0, 0.1) is 5.82 Å². The van der Waals surface area contributed by atoms with Crippen LogP contribution in [0.3, 0.4) is 0 Å². The molecular weight excluding hydrogens is 567 g/mol. The van der Waals surface area contributed by atoms with Gasteiger partial charge in [-0.25, -0.2) is 32.8 Å². The van der Waals surface area contributed by atoms with Crippen molar-refractivity contribution in [1.82, 2.24) is 39.1 Å². The van der Waals surface area contributed by atoms with E-state index in [1.54, 1.807) is 35.5 Å². The molecule has 1 unspecified atom stereocenters. The highest BCUT2D eigenvalue weighted by Gasteiger charge is 2.35. The molecule has 5 aromatic rings. The van der Waals surface area contributed by atoms with E-state index >= 15 is 0 Å². The maximum atomic E-state index is 13.7. The van der Waals surface area contributed by atoms with Gasteiger partial charge in [0.2, 0.25) is 5.95 Å². The first-order chi connectivity index (χ1) is 20.5. The van der Waals surface area contributed by atoms with Crippen LogP contribution in [0.4, 0.5) is 16.2 Å². The Bertz CT molecular complexity index is 1750. The van der Waals surface area contributed by atoms with E-state index in [0.29, 0.717) is 19.0 Å². The normalized spacial score (nSPS) is 16.4. The van der Waals surface area contributed by atoms with Gasteiger partial charge >= 0.3 is 0 Å². The maximum absolute atomic E-state index is 13.7. The van der Waals surface area contributed by atoms with Crippen LogP contribution in [0.2, 0.25) is 0 Å². The van der Waals surface area contributed by atoms with Gasteiger partial charge in [-0.1, -0.05) is 12.1 Å². The van der Waals surface area contributed by atoms with Crippen LogP contribution in [0.25, 0.3) is 16.6 Å². The first-order valence-corrected chi connectivity index (χ1v) is 15.3. The largest absolute Gasteiger partial charge is 0.351 e. The molecule has 1 fully saturated rings. The number of nitrogens with one attached hydrogen (secondary N) is 1. The van der Waals surface area contributed by atoms with E-state index in [4.69, 9.17) is 9.97 Å². The Balaban J connectivity index is 1.20. The van der Waals surface area contributed by atoms with Crippen LogP contribution < -0.4 is 14.5 Å². The molecule has 13 heteroatoms. The Morgan fingerprint density at radius 1 is 0.837 bits per heavy atom. The topological polar surface area (TPSA) is 109 Å². The molecule has 1 N–H and O–H groups in total. The standard InChI is InChI=1S/C30H35FN10OS/c1-29(2,3)43(42)37-30(4,23-6-8-25(31)9-7-23)24-16-32-28(33-17-24)40-12-10-39(11-13-40)27-26-14-21(19-41(26)36-20-34-27)22-15-35-38(5)18-22/h6-9,14-20,37H,10-13H2,1-5H3/t30?,43-/m0/s1. The van der Waals surface area contributed by atoms with Gasteiger partial charge < -0.3 is 9.80 Å². The molecule has 11 nitrogen and oxygen atoms in total. The minimum Gasteiger partial charge on any atom is -0.351 e. The lowest BCUT2D eigenvalue weighted by Gasteiger charge is -2.36. The number of halogens is 1. The molecule has 5 heterocycles. The Hall–Kier alpha value is -4.23. The predicted octanol–water partition coefficient (Wildman–Crippen LogP) is 3.70. The summed E-state index contributed by atoms with van der Waals surface area (Å²) in [6.07, 6.45) is 10.9. The second kappa shape index (κ2) is 11.1. The summed E-state index contributed by atoms with van der Waals surface area (Å²) in [6.45, 7) is 10.6. The van der Waals surface area contributed by atoms with Crippen molar-refractivity contribution in [3.8, 4) is 11.1 Å². The first-order valence-electron chi connectivity index (χ1n) is 14.1. The average Bonchev–Trinajstić information content (AvgIpc) is 3.63. The molecular formula is C30H35FN10OS. The Morgan fingerprint density at radius 3 is 2.14 bits per heavy atom. The predicted molar refractivity (Wildman–Crippen MR) is 166 cm³/mol. The summed E-state index contributed by atoms with van der Waals surface area (Å²) >= 11 is 0. The first kappa shape index (κ1) is 28.9. The van der Waals surface area contributed by atoms with E-state index in [1.807, 2.05) is 57.8 Å². The van der Waals surface area contributed by atoms with Gasteiger partial charge in [0, 0.05) is 74.7 Å². The van der Waals surface area contributed by atoms with Gasteiger partial charge in [0.25, 0.3) is 0 Å². The molecule has 0 aliphatic carbocycles. The van der Waals surface area contributed by atoms with Gasteiger partial charge in [0.05, 0.1) is 27.5 Å². The molecule has 0 radical (unpaired) electrons. The molecule has 0 spiro atoms. The van der Waals surface area contributed by atoms with Crippen molar-refractivity contribution in [1.29, 1.82) is 0 Å². The van der Waals surface area contributed by atoms with Crippen molar-refractivity contribution in [3.05, 3.63) is 84.6 Å². The minimum absolute atomic E-state index is 0.331. The van der Waals surface area contributed by atoms with E-state index in [0.717, 1.165) is 46.7 Å². The third-order valence-electron chi connectivity index (χ3n) is 7.78. The summed E-state index contributed by atoms with van der Waals surface area (Å²) < 4.78 is 33.3. The van der Waals surface area contributed by atoms with Gasteiger partial charge in [-0.05, 0) is 51.5 Å². The highest BCUT2D eigenvalue weighted by molar-refractivity contribution is 7.84. The highest BCUT2D eigenvalue weighted by Crippen LogP contribution is 2.32. The Labute approximate surface area is 252 Å². The minimum atomic E-state index is -1.40. The van der Waals surface area contributed by atoms with E-state index in [2.05, 4.69) is 35.8 Å². The molecule has 6 rings (SSSR count). The lowest BCUT2D eigenvalue weighted by Crippen LogP contribution is -2.48. The summed E-state index contributed by atoms with van der Waals surface area (Å²) in [5.74, 6) is 1.17. The van der Waals surface area contributed by atoms with E-state index < -0.39 is 21.3 Å². The van der Waals surface area contributed by atoms with Gasteiger partial charge in [0.1, 0.15) is 17.7 Å². The van der Waals surface area contributed by atoms with E-state index in [9.17, 15) is 8.60 Å². The molecule has 1 aromatic carbocycles. The smallest absolute Gasteiger partial charge is 0.225 e. The van der Waals surface area contributed by atoms with Crippen molar-refractivity contribution >= 4 is 28.3 Å². The number of nitrogens with zero attached hydrogens (tertiary/aromatic N) is 9. The van der Waals surface area contributed by atoms with E-state index in [-0.39, 0.29) is 5.82 Å². The van der Waals surface area contributed by atoms with Crippen molar-refractivity contribution in [3.63, 3.8) is 0 Å². The summed E-state index contributed by atoms with van der Waals surface area (Å²) in [6, 6.07) is 8.31. The number of benzene rings is 1. The zero-order chi connectivity index (χ0) is 30.4. The van der Waals surface area contributed by atoms with Crippen LogP contribution in [0.5, 0.6) is 0 Å². The number of fused-ring (bicyclic) bond motifs is 1. The number of anilines is 2. The molecule has 224 valence electrons. The molecule has 0 bridgehead atoms. The average molecular weight is 603 g/mol. The zero-order valence-corrected chi connectivity index (χ0v) is 25.7. The fourth-order valence-electron chi connectivity index (χ4n) is 5.16. The Kier molecular flexibility index (Phi) is 7.46. The number of aromatic nitrogens is 7. The number of rotatable bonds is 7. The SMILES string of the molecule is Cn1cc(-c2cc3c(N4CCN(c5ncc(C(C)(N[S@@](=O)C(C)(C)C)c6ccc(F)cc6)cn5)CC4)ncnn3c2)cn1. The van der Waals surface area contributed by atoms with Crippen LogP contribution in [0.15, 0.2) is 67.6 Å². The zero-order valence-electron chi connectivity index (χ0n) is 24.9. The number of piperazine rings is 1. The molecule has 1 aliphatic heterocycles. The molecule has 0 amide bonds. The lowest BCUT2D eigenvalue weighted by molar-refractivity contribution is 0.518. The molecule has 4 aromatic heterocycles. The quantitative estimate of drug-likeness (QED) is 0.301. The summed E-state index contributed by atoms with van der Waals surface area (Å²) in [5, 5.41) is 8.70. The second-order valence-electron chi connectivity index (χ2n) is 11.9. The lowest BCUT2D eigenvalue weighted by atomic mass is 9.87. The number of aryl methyl sites for hydroxylation is 1. The third kappa shape index (κ3) is 5.74. The van der Waals surface area contributed by atoms with Gasteiger partial charge in [-0.3, -0.25) is 4.68 Å². The van der Waals surface area contributed by atoms with Crippen LogP contribution in [0.1, 0.15) is 38.8 Å². The fraction of sp³-hybridized carbons (Fsp3) is 0.367. The highest BCUT2D eigenvalue weighted by atomic mass is 32.2. The van der Waals surface area contributed by atoms with Crippen LogP contribution in [-0.4, -0.2) is 69.5 Å². The Morgan fingerprint density at radius 2 is 1.51 bits per heavy atom. The maximum Gasteiger partial charge on any atom is 0.225 e. The van der Waals surface area contributed by atoms with Crippen LogP contribution in [-0.2, 0) is 23.6 Å². The molecule has 2 atom stereocenters. The monoisotopic (exact) mass is 602 g/mol. The summed E-state index contributed by atoms with van der Waals surface area (Å²) in [4.78, 5) is 18.5. The molecule has 1 saturated heterocycles. The van der Waals surface area contributed by atoms with E-state index in [1.165, 1.54) is 12.1 Å². The molecule has 43 heavy (non-hydrogen) atoms. The van der Waals surface area contributed by atoms with Crippen molar-refractivity contribution in [2.45, 2.75) is 38.0 Å². The number of hydrogen-bond donors (Lipinski definition) is 1. The van der Waals surface area contributed by atoms with Gasteiger partial charge in [0.15, 0.2) is 5.82 Å². The summed E-state index contributed by atoms with van der Waals surface area (Å²) in [5.41, 5.74) is 3.61. The van der Waals surface area contributed by atoms with Crippen molar-refractivity contribution in [2.24, 2.45) is 7.05 Å².